The topological polar surface area (TPSA) is 76.4 Å². The van der Waals surface area contributed by atoms with Crippen LogP contribution in [-0.4, -0.2) is 62.9 Å². The molecule has 3 rings (SSSR count). The van der Waals surface area contributed by atoms with Gasteiger partial charge in [0, 0.05) is 45.3 Å². The van der Waals surface area contributed by atoms with Gasteiger partial charge in [0.25, 0.3) is 0 Å². The summed E-state index contributed by atoms with van der Waals surface area (Å²) in [5.41, 5.74) is 0.211. The van der Waals surface area contributed by atoms with E-state index in [2.05, 4.69) is 10.2 Å². The van der Waals surface area contributed by atoms with E-state index in [4.69, 9.17) is 5.26 Å². The molecule has 2 saturated heterocycles. The Morgan fingerprint density at radius 2 is 1.81 bits per heavy atom. The molecule has 2 heterocycles. The summed E-state index contributed by atoms with van der Waals surface area (Å²) in [4.78, 5) is 2.45. The highest BCUT2D eigenvalue weighted by molar-refractivity contribution is 7.89. The maximum Gasteiger partial charge on any atom is 0.244 e. The van der Waals surface area contributed by atoms with Crippen molar-refractivity contribution in [3.63, 3.8) is 0 Å². The van der Waals surface area contributed by atoms with Gasteiger partial charge in [-0.15, -0.1) is 0 Å². The van der Waals surface area contributed by atoms with E-state index in [0.29, 0.717) is 19.1 Å². The summed E-state index contributed by atoms with van der Waals surface area (Å²) in [6.07, 6.45) is 0. The van der Waals surface area contributed by atoms with E-state index in [1.54, 1.807) is 18.2 Å². The summed E-state index contributed by atoms with van der Waals surface area (Å²) < 4.78 is 26.8. The van der Waals surface area contributed by atoms with Crippen LogP contribution in [0, 0.1) is 11.3 Å². The molecule has 0 aliphatic carbocycles. The molecule has 1 aromatic rings. The minimum absolute atomic E-state index is 0.117. The minimum atomic E-state index is -3.57. The Balaban J connectivity index is 1.76. The first-order valence-corrected chi connectivity index (χ1v) is 8.51. The number of rotatable bonds is 3. The molecule has 0 saturated carbocycles. The Kier molecular flexibility index (Phi) is 3.95. The zero-order valence-electron chi connectivity index (χ0n) is 11.7. The van der Waals surface area contributed by atoms with Crippen LogP contribution in [0.1, 0.15) is 5.56 Å². The van der Waals surface area contributed by atoms with Gasteiger partial charge in [-0.2, -0.15) is 9.57 Å². The average molecular weight is 306 g/mol. The lowest BCUT2D eigenvalue weighted by Gasteiger charge is -2.42. The van der Waals surface area contributed by atoms with Crippen molar-refractivity contribution in [3.05, 3.63) is 29.8 Å². The summed E-state index contributed by atoms with van der Waals surface area (Å²) in [5, 5.41) is 12.3. The van der Waals surface area contributed by atoms with Crippen molar-refractivity contribution in [2.45, 2.75) is 10.9 Å². The second-order valence-corrected chi connectivity index (χ2v) is 7.27. The van der Waals surface area contributed by atoms with Crippen molar-refractivity contribution < 1.29 is 8.42 Å². The van der Waals surface area contributed by atoms with Crippen LogP contribution in [0.15, 0.2) is 29.2 Å². The van der Waals surface area contributed by atoms with E-state index in [0.717, 1.165) is 26.2 Å². The number of benzene rings is 1. The molecule has 112 valence electrons. The van der Waals surface area contributed by atoms with Crippen LogP contribution >= 0.6 is 0 Å². The molecule has 0 atom stereocenters. The predicted molar refractivity (Wildman–Crippen MR) is 78.1 cm³/mol. The number of nitrogens with one attached hydrogen (secondary N) is 1. The zero-order valence-corrected chi connectivity index (χ0v) is 12.5. The highest BCUT2D eigenvalue weighted by Gasteiger charge is 2.33. The first kappa shape index (κ1) is 14.5. The molecule has 21 heavy (non-hydrogen) atoms. The highest BCUT2D eigenvalue weighted by atomic mass is 32.2. The summed E-state index contributed by atoms with van der Waals surface area (Å²) in [7, 11) is -3.57. The standard InChI is InChI=1S/C14H18N4O2S/c15-9-12-3-1-2-4-14(12)21(19,20)18-7-5-17(6-8-18)13-10-16-11-13/h1-4,13,16H,5-8,10-11H2. The monoisotopic (exact) mass is 306 g/mol. The van der Waals surface area contributed by atoms with E-state index in [-0.39, 0.29) is 10.5 Å². The summed E-state index contributed by atoms with van der Waals surface area (Å²) in [5.74, 6) is 0. The summed E-state index contributed by atoms with van der Waals surface area (Å²) in [6, 6.07) is 8.90. The molecule has 1 aromatic carbocycles. The number of hydrogen-bond donors (Lipinski definition) is 1. The quantitative estimate of drug-likeness (QED) is 0.839. The van der Waals surface area contributed by atoms with E-state index in [1.165, 1.54) is 10.4 Å². The summed E-state index contributed by atoms with van der Waals surface area (Å²) in [6.45, 7) is 4.45. The Hall–Kier alpha value is -1.46. The molecule has 0 bridgehead atoms. The van der Waals surface area contributed by atoms with E-state index in [9.17, 15) is 8.42 Å². The second-order valence-electron chi connectivity index (χ2n) is 5.36. The molecule has 2 aliphatic rings. The van der Waals surface area contributed by atoms with Crippen LogP contribution < -0.4 is 5.32 Å². The van der Waals surface area contributed by atoms with Gasteiger partial charge in [-0.1, -0.05) is 12.1 Å². The molecule has 0 spiro atoms. The van der Waals surface area contributed by atoms with Crippen LogP contribution in [0.4, 0.5) is 0 Å². The summed E-state index contributed by atoms with van der Waals surface area (Å²) >= 11 is 0. The number of hydrogen-bond acceptors (Lipinski definition) is 5. The van der Waals surface area contributed by atoms with E-state index in [1.807, 2.05) is 6.07 Å². The highest BCUT2D eigenvalue weighted by Crippen LogP contribution is 2.21. The van der Waals surface area contributed by atoms with Gasteiger partial charge in [-0.05, 0) is 12.1 Å². The van der Waals surface area contributed by atoms with Gasteiger partial charge in [0.1, 0.15) is 6.07 Å². The minimum Gasteiger partial charge on any atom is -0.314 e. The van der Waals surface area contributed by atoms with Gasteiger partial charge in [-0.25, -0.2) is 8.42 Å². The average Bonchev–Trinajstić information content (AvgIpc) is 2.46. The molecule has 0 aromatic heterocycles. The zero-order chi connectivity index (χ0) is 14.9. The number of sulfonamides is 1. The van der Waals surface area contributed by atoms with Crippen molar-refractivity contribution in [1.82, 2.24) is 14.5 Å². The fourth-order valence-corrected chi connectivity index (χ4v) is 4.33. The largest absolute Gasteiger partial charge is 0.314 e. The molecule has 2 aliphatic heterocycles. The lowest BCUT2D eigenvalue weighted by Crippen LogP contribution is -2.62. The third-order valence-corrected chi connectivity index (χ3v) is 6.13. The molecule has 0 amide bonds. The first-order chi connectivity index (χ1) is 10.1. The lowest BCUT2D eigenvalue weighted by atomic mass is 10.1. The van der Waals surface area contributed by atoms with Gasteiger partial charge in [0.2, 0.25) is 10.0 Å². The van der Waals surface area contributed by atoms with Gasteiger partial charge >= 0.3 is 0 Å². The van der Waals surface area contributed by atoms with E-state index >= 15 is 0 Å². The Morgan fingerprint density at radius 1 is 1.14 bits per heavy atom. The van der Waals surface area contributed by atoms with Crippen LogP contribution in [0.3, 0.4) is 0 Å². The van der Waals surface area contributed by atoms with Crippen molar-refractivity contribution in [3.8, 4) is 6.07 Å². The fourth-order valence-electron chi connectivity index (χ4n) is 2.76. The number of piperazine rings is 1. The Morgan fingerprint density at radius 3 is 2.38 bits per heavy atom. The van der Waals surface area contributed by atoms with Crippen molar-refractivity contribution in [2.24, 2.45) is 0 Å². The van der Waals surface area contributed by atoms with Crippen LogP contribution in [0.25, 0.3) is 0 Å². The van der Waals surface area contributed by atoms with Gasteiger partial charge < -0.3 is 5.32 Å². The van der Waals surface area contributed by atoms with Crippen molar-refractivity contribution in [2.75, 3.05) is 39.3 Å². The molecule has 0 radical (unpaired) electrons. The second kappa shape index (κ2) is 5.73. The van der Waals surface area contributed by atoms with Crippen molar-refractivity contribution >= 4 is 10.0 Å². The molecular weight excluding hydrogens is 288 g/mol. The molecule has 1 N–H and O–H groups in total. The Bertz CT molecular complexity index is 656. The van der Waals surface area contributed by atoms with Crippen molar-refractivity contribution in [1.29, 1.82) is 5.26 Å². The molecular formula is C14H18N4O2S. The third kappa shape index (κ3) is 2.68. The lowest BCUT2D eigenvalue weighted by molar-refractivity contribution is 0.103. The smallest absolute Gasteiger partial charge is 0.244 e. The van der Waals surface area contributed by atoms with Gasteiger partial charge in [0.05, 0.1) is 10.5 Å². The van der Waals surface area contributed by atoms with Crippen LogP contribution in [0.2, 0.25) is 0 Å². The van der Waals surface area contributed by atoms with Crippen LogP contribution in [-0.2, 0) is 10.0 Å². The van der Waals surface area contributed by atoms with E-state index < -0.39 is 10.0 Å². The maximum absolute atomic E-state index is 12.7. The fraction of sp³-hybridized carbons (Fsp3) is 0.500. The predicted octanol–water partition coefficient (Wildman–Crippen LogP) is -0.164. The molecule has 7 heteroatoms. The van der Waals surface area contributed by atoms with Crippen LogP contribution in [0.5, 0.6) is 0 Å². The van der Waals surface area contributed by atoms with Gasteiger partial charge in [0.15, 0.2) is 0 Å². The number of nitrogens with zero attached hydrogens (tertiary/aromatic N) is 3. The molecule has 0 unspecified atom stereocenters. The normalized spacial score (nSPS) is 21.7. The number of nitriles is 1. The van der Waals surface area contributed by atoms with Gasteiger partial charge in [-0.3, -0.25) is 4.90 Å². The molecule has 2 fully saturated rings. The SMILES string of the molecule is N#Cc1ccccc1S(=O)(=O)N1CCN(C2CNC2)CC1. The Labute approximate surface area is 125 Å². The third-order valence-electron chi connectivity index (χ3n) is 4.17. The molecule has 6 nitrogen and oxygen atoms in total. The maximum atomic E-state index is 12.7. The first-order valence-electron chi connectivity index (χ1n) is 7.07.